The molecular formula is C9H10Br2O2. The van der Waals surface area contributed by atoms with Gasteiger partial charge in [-0.15, -0.1) is 0 Å². The molecule has 2 nitrogen and oxygen atoms in total. The van der Waals surface area contributed by atoms with Gasteiger partial charge in [0.2, 0.25) is 0 Å². The van der Waals surface area contributed by atoms with Crippen LogP contribution in [0.4, 0.5) is 0 Å². The highest BCUT2D eigenvalue weighted by atomic mass is 79.9. The Morgan fingerprint density at radius 2 is 1.69 bits per heavy atom. The monoisotopic (exact) mass is 308 g/mol. The first-order valence-corrected chi connectivity index (χ1v) is 6.03. The predicted octanol–water partition coefficient (Wildman–Crippen LogP) is 3.16. The lowest BCUT2D eigenvalue weighted by atomic mass is 9.99. The number of benzene rings is 1. The molecule has 0 heterocycles. The smallest absolute Gasteiger partial charge is 0.147 e. The standard InChI is InChI=1S/C9H10Br2O2/c10-6-9(7-11,13-12)8-4-2-1-3-5-8/h1-5,12H,6-7H2. The van der Waals surface area contributed by atoms with E-state index in [-0.39, 0.29) is 0 Å². The first kappa shape index (κ1) is 11.2. The number of alkyl halides is 2. The van der Waals surface area contributed by atoms with Gasteiger partial charge in [-0.25, -0.2) is 4.89 Å². The maximum absolute atomic E-state index is 8.87. The van der Waals surface area contributed by atoms with Gasteiger partial charge in [-0.05, 0) is 5.56 Å². The number of hydrogen-bond donors (Lipinski definition) is 1. The lowest BCUT2D eigenvalue weighted by molar-refractivity contribution is -0.313. The summed E-state index contributed by atoms with van der Waals surface area (Å²) in [4.78, 5) is 4.53. The van der Waals surface area contributed by atoms with E-state index in [1.807, 2.05) is 30.3 Å². The molecule has 0 spiro atoms. The van der Waals surface area contributed by atoms with Crippen molar-refractivity contribution in [3.8, 4) is 0 Å². The zero-order valence-electron chi connectivity index (χ0n) is 6.91. The minimum Gasteiger partial charge on any atom is -0.251 e. The second-order valence-electron chi connectivity index (χ2n) is 2.72. The van der Waals surface area contributed by atoms with Crippen molar-refractivity contribution in [2.24, 2.45) is 0 Å². The van der Waals surface area contributed by atoms with Crippen molar-refractivity contribution in [1.29, 1.82) is 0 Å². The van der Waals surface area contributed by atoms with Gasteiger partial charge in [0, 0.05) is 10.7 Å². The fourth-order valence-electron chi connectivity index (χ4n) is 1.03. The van der Waals surface area contributed by atoms with E-state index >= 15 is 0 Å². The van der Waals surface area contributed by atoms with Crippen molar-refractivity contribution in [3.05, 3.63) is 35.9 Å². The van der Waals surface area contributed by atoms with Crippen LogP contribution in [0.3, 0.4) is 0 Å². The maximum Gasteiger partial charge on any atom is 0.147 e. The van der Waals surface area contributed by atoms with Gasteiger partial charge < -0.3 is 0 Å². The molecule has 0 aliphatic heterocycles. The quantitative estimate of drug-likeness (QED) is 0.526. The molecular weight excluding hydrogens is 300 g/mol. The Labute approximate surface area is 94.1 Å². The van der Waals surface area contributed by atoms with E-state index in [9.17, 15) is 0 Å². The SMILES string of the molecule is OOC(CBr)(CBr)c1ccccc1. The fraction of sp³-hybridized carbons (Fsp3) is 0.333. The Balaban J connectivity index is 3.01. The lowest BCUT2D eigenvalue weighted by Crippen LogP contribution is -2.32. The zero-order valence-corrected chi connectivity index (χ0v) is 10.1. The zero-order chi connectivity index (χ0) is 9.73. The molecule has 0 aromatic heterocycles. The van der Waals surface area contributed by atoms with Gasteiger partial charge in [0.15, 0.2) is 0 Å². The minimum absolute atomic E-state index is 0.533. The van der Waals surface area contributed by atoms with E-state index in [1.54, 1.807) is 0 Å². The largest absolute Gasteiger partial charge is 0.251 e. The minimum atomic E-state index is -0.693. The van der Waals surface area contributed by atoms with Crippen molar-refractivity contribution in [2.75, 3.05) is 10.7 Å². The van der Waals surface area contributed by atoms with Crippen LogP contribution in [0.25, 0.3) is 0 Å². The average Bonchev–Trinajstić information content (AvgIpc) is 2.23. The van der Waals surface area contributed by atoms with Gasteiger partial charge in [0.1, 0.15) is 5.60 Å². The summed E-state index contributed by atoms with van der Waals surface area (Å²) in [5, 5.41) is 9.94. The molecule has 4 heteroatoms. The highest BCUT2D eigenvalue weighted by molar-refractivity contribution is 9.09. The summed E-state index contributed by atoms with van der Waals surface area (Å²) in [5.41, 5.74) is 0.243. The molecule has 0 aliphatic carbocycles. The Morgan fingerprint density at radius 3 is 2.08 bits per heavy atom. The van der Waals surface area contributed by atoms with E-state index in [1.165, 1.54) is 0 Å². The van der Waals surface area contributed by atoms with Crippen LogP contribution in [0, 0.1) is 0 Å². The van der Waals surface area contributed by atoms with Crippen LogP contribution in [0.2, 0.25) is 0 Å². The molecule has 1 rings (SSSR count). The molecule has 0 saturated heterocycles. The van der Waals surface area contributed by atoms with Crippen molar-refractivity contribution in [1.82, 2.24) is 0 Å². The Bertz CT molecular complexity index is 239. The molecule has 1 N–H and O–H groups in total. The third kappa shape index (κ3) is 2.31. The summed E-state index contributed by atoms with van der Waals surface area (Å²) in [7, 11) is 0. The first-order valence-electron chi connectivity index (χ1n) is 3.79. The number of rotatable bonds is 4. The normalized spacial score (nSPS) is 11.6. The molecule has 0 aliphatic rings. The fourth-order valence-corrected chi connectivity index (χ4v) is 2.81. The van der Waals surface area contributed by atoms with Crippen LogP contribution in [0.15, 0.2) is 30.3 Å². The number of halogens is 2. The summed E-state index contributed by atoms with van der Waals surface area (Å²) in [6.07, 6.45) is 0. The summed E-state index contributed by atoms with van der Waals surface area (Å²) in [6, 6.07) is 9.58. The van der Waals surface area contributed by atoms with E-state index in [0.717, 1.165) is 5.56 Å². The van der Waals surface area contributed by atoms with Crippen molar-refractivity contribution >= 4 is 31.9 Å². The summed E-state index contributed by atoms with van der Waals surface area (Å²) in [6.45, 7) is 0. The molecule has 0 radical (unpaired) electrons. The first-order chi connectivity index (χ1) is 6.29. The van der Waals surface area contributed by atoms with Gasteiger partial charge in [0.25, 0.3) is 0 Å². The van der Waals surface area contributed by atoms with Crippen LogP contribution < -0.4 is 0 Å². The lowest BCUT2D eigenvalue weighted by Gasteiger charge is -2.26. The third-order valence-electron chi connectivity index (χ3n) is 1.91. The molecule has 0 fully saturated rings. The Morgan fingerprint density at radius 1 is 1.15 bits per heavy atom. The molecule has 72 valence electrons. The highest BCUT2D eigenvalue weighted by Crippen LogP contribution is 2.29. The summed E-state index contributed by atoms with van der Waals surface area (Å²) < 4.78 is 0. The van der Waals surface area contributed by atoms with Crippen molar-refractivity contribution in [3.63, 3.8) is 0 Å². The highest BCUT2D eigenvalue weighted by Gasteiger charge is 2.31. The van der Waals surface area contributed by atoms with Gasteiger partial charge in [-0.3, -0.25) is 5.26 Å². The second kappa shape index (κ2) is 5.10. The molecule has 1 aromatic carbocycles. The summed E-state index contributed by atoms with van der Waals surface area (Å²) in [5.74, 6) is 0. The predicted molar refractivity (Wildman–Crippen MR) is 59.4 cm³/mol. The molecule has 0 amide bonds. The second-order valence-corrected chi connectivity index (χ2v) is 3.84. The topological polar surface area (TPSA) is 29.5 Å². The van der Waals surface area contributed by atoms with Crippen LogP contribution in [0.5, 0.6) is 0 Å². The number of hydrogen-bond acceptors (Lipinski definition) is 2. The van der Waals surface area contributed by atoms with Gasteiger partial charge in [-0.1, -0.05) is 62.2 Å². The van der Waals surface area contributed by atoms with Crippen LogP contribution >= 0.6 is 31.9 Å². The Kier molecular flexibility index (Phi) is 4.38. The average molecular weight is 310 g/mol. The van der Waals surface area contributed by atoms with Crippen LogP contribution in [-0.2, 0) is 10.5 Å². The van der Waals surface area contributed by atoms with Crippen molar-refractivity contribution < 1.29 is 10.1 Å². The molecule has 13 heavy (non-hydrogen) atoms. The van der Waals surface area contributed by atoms with Gasteiger partial charge >= 0.3 is 0 Å². The molecule has 0 atom stereocenters. The molecule has 0 saturated carbocycles. The van der Waals surface area contributed by atoms with Crippen LogP contribution in [0.1, 0.15) is 5.56 Å². The molecule has 0 unspecified atom stereocenters. The van der Waals surface area contributed by atoms with Crippen LogP contribution in [-0.4, -0.2) is 15.9 Å². The Hall–Kier alpha value is 0.1000. The van der Waals surface area contributed by atoms with Crippen molar-refractivity contribution in [2.45, 2.75) is 5.60 Å². The van der Waals surface area contributed by atoms with Gasteiger partial charge in [-0.2, -0.15) is 0 Å². The molecule has 1 aromatic rings. The third-order valence-corrected chi connectivity index (χ3v) is 3.72. The van der Waals surface area contributed by atoms with E-state index < -0.39 is 5.60 Å². The molecule has 0 bridgehead atoms. The maximum atomic E-state index is 8.87. The van der Waals surface area contributed by atoms with E-state index in [4.69, 9.17) is 5.26 Å². The van der Waals surface area contributed by atoms with Gasteiger partial charge in [0.05, 0.1) is 0 Å². The summed E-state index contributed by atoms with van der Waals surface area (Å²) >= 11 is 6.63. The van der Waals surface area contributed by atoms with E-state index in [0.29, 0.717) is 10.7 Å². The van der Waals surface area contributed by atoms with E-state index in [2.05, 4.69) is 36.7 Å².